The van der Waals surface area contributed by atoms with Crippen molar-refractivity contribution in [3.63, 3.8) is 0 Å². The van der Waals surface area contributed by atoms with Gasteiger partial charge in [-0.25, -0.2) is 22.6 Å². The number of carbonyl (C=O) groups excluding carboxylic acids is 2. The highest BCUT2D eigenvalue weighted by atomic mass is 19.3. The molecule has 1 unspecified atom stereocenters. The molecule has 1 amide bonds. The highest BCUT2D eigenvalue weighted by molar-refractivity contribution is 5.96. The van der Waals surface area contributed by atoms with E-state index in [0.29, 0.717) is 11.3 Å². The molecule has 1 saturated carbocycles. The molecule has 0 spiro atoms. The van der Waals surface area contributed by atoms with E-state index in [1.54, 1.807) is 33.8 Å². The van der Waals surface area contributed by atoms with Crippen molar-refractivity contribution in [3.8, 4) is 5.69 Å². The smallest absolute Gasteiger partial charge is 0.437 e. The minimum atomic E-state index is -2.83. The molecule has 1 aliphatic carbocycles. The standard InChI is InChI=1S/C24H26F3N5O3/c1-13(16-11-28-31(12-16)18-8-15(21(26)27)7-17(25)9-18)22(33)29-20-10-19(14-5-6-14)30-32(20)23(34)35-24(2,3)4/h7-14,21H,5-6H2,1-4H3,(H,29,33). The summed E-state index contributed by atoms with van der Waals surface area (Å²) in [4.78, 5) is 25.7. The summed E-state index contributed by atoms with van der Waals surface area (Å²) in [6.07, 6.45) is 1.25. The van der Waals surface area contributed by atoms with Gasteiger partial charge in [-0.3, -0.25) is 4.79 Å². The average Bonchev–Trinajstić information content (AvgIpc) is 3.34. The molecule has 4 rings (SSSR count). The molecule has 2 aromatic heterocycles. The molecule has 35 heavy (non-hydrogen) atoms. The van der Waals surface area contributed by atoms with Crippen molar-refractivity contribution in [3.05, 3.63) is 59.3 Å². The van der Waals surface area contributed by atoms with Crippen LogP contribution in [0.3, 0.4) is 0 Å². The van der Waals surface area contributed by atoms with Gasteiger partial charge in [0.15, 0.2) is 0 Å². The number of hydrogen-bond donors (Lipinski definition) is 1. The number of nitrogens with one attached hydrogen (secondary N) is 1. The van der Waals surface area contributed by atoms with E-state index in [4.69, 9.17) is 4.74 Å². The molecular formula is C24H26F3N5O3. The monoisotopic (exact) mass is 489 g/mol. The van der Waals surface area contributed by atoms with E-state index >= 15 is 0 Å². The predicted octanol–water partition coefficient (Wildman–Crippen LogP) is 5.55. The Bertz CT molecular complexity index is 1260. The molecule has 0 radical (unpaired) electrons. The molecule has 8 nitrogen and oxygen atoms in total. The van der Waals surface area contributed by atoms with Crippen molar-refractivity contribution in [2.24, 2.45) is 0 Å². The number of aromatic nitrogens is 4. The van der Waals surface area contributed by atoms with E-state index < -0.39 is 41.3 Å². The summed E-state index contributed by atoms with van der Waals surface area (Å²) in [5.74, 6) is -1.55. The Balaban J connectivity index is 1.54. The van der Waals surface area contributed by atoms with Gasteiger partial charge in [0.25, 0.3) is 6.43 Å². The van der Waals surface area contributed by atoms with E-state index in [0.717, 1.165) is 35.7 Å². The second-order valence-electron chi connectivity index (χ2n) is 9.59. The molecule has 0 saturated heterocycles. The number of carbonyl (C=O) groups is 2. The van der Waals surface area contributed by atoms with Gasteiger partial charge in [0.1, 0.15) is 17.2 Å². The summed E-state index contributed by atoms with van der Waals surface area (Å²) < 4.78 is 47.5. The van der Waals surface area contributed by atoms with Gasteiger partial charge in [-0.1, -0.05) is 0 Å². The zero-order chi connectivity index (χ0) is 25.5. The second kappa shape index (κ2) is 9.20. The molecular weight excluding hydrogens is 463 g/mol. The lowest BCUT2D eigenvalue weighted by Crippen LogP contribution is -2.29. The van der Waals surface area contributed by atoms with Gasteiger partial charge >= 0.3 is 6.09 Å². The molecule has 0 aliphatic heterocycles. The zero-order valence-corrected chi connectivity index (χ0v) is 19.8. The van der Waals surface area contributed by atoms with Crippen molar-refractivity contribution >= 4 is 17.8 Å². The van der Waals surface area contributed by atoms with Crippen molar-refractivity contribution in [1.29, 1.82) is 0 Å². The van der Waals surface area contributed by atoms with E-state index in [1.807, 2.05) is 0 Å². The lowest BCUT2D eigenvalue weighted by molar-refractivity contribution is -0.117. The molecule has 1 N–H and O–H groups in total. The lowest BCUT2D eigenvalue weighted by atomic mass is 10.0. The number of benzene rings is 1. The first-order valence-corrected chi connectivity index (χ1v) is 11.2. The summed E-state index contributed by atoms with van der Waals surface area (Å²) in [7, 11) is 0. The van der Waals surface area contributed by atoms with Crippen LogP contribution in [0.2, 0.25) is 0 Å². The van der Waals surface area contributed by atoms with E-state index in [1.165, 1.54) is 17.1 Å². The fraction of sp³-hybridized carbons (Fsp3) is 0.417. The number of nitrogens with zero attached hydrogens (tertiary/aromatic N) is 4. The normalized spacial score (nSPS) is 14.7. The molecule has 1 fully saturated rings. The number of alkyl halides is 2. The Kier molecular flexibility index (Phi) is 6.44. The third kappa shape index (κ3) is 5.72. The van der Waals surface area contributed by atoms with Crippen LogP contribution >= 0.6 is 0 Å². The van der Waals surface area contributed by atoms with Crippen molar-refractivity contribution in [1.82, 2.24) is 19.6 Å². The summed E-state index contributed by atoms with van der Waals surface area (Å²) in [6.45, 7) is 6.83. The van der Waals surface area contributed by atoms with Crippen molar-refractivity contribution in [2.75, 3.05) is 5.32 Å². The Morgan fingerprint density at radius 3 is 2.49 bits per heavy atom. The number of ether oxygens (including phenoxy) is 1. The fourth-order valence-electron chi connectivity index (χ4n) is 3.45. The fourth-order valence-corrected chi connectivity index (χ4v) is 3.45. The van der Waals surface area contributed by atoms with E-state index in [9.17, 15) is 22.8 Å². The average molecular weight is 489 g/mol. The van der Waals surface area contributed by atoms with Crippen LogP contribution in [-0.2, 0) is 9.53 Å². The first-order chi connectivity index (χ1) is 16.4. The quantitative estimate of drug-likeness (QED) is 0.490. The molecule has 186 valence electrons. The first-order valence-electron chi connectivity index (χ1n) is 11.2. The van der Waals surface area contributed by atoms with Crippen LogP contribution in [0.4, 0.5) is 23.8 Å². The van der Waals surface area contributed by atoms with E-state index in [-0.39, 0.29) is 17.4 Å². The zero-order valence-electron chi connectivity index (χ0n) is 19.8. The van der Waals surface area contributed by atoms with Crippen LogP contribution in [0.15, 0.2) is 36.7 Å². The van der Waals surface area contributed by atoms with Gasteiger partial charge in [0.05, 0.1) is 23.5 Å². The molecule has 1 atom stereocenters. The topological polar surface area (TPSA) is 91.0 Å². The maximum atomic E-state index is 13.8. The minimum Gasteiger partial charge on any atom is -0.442 e. The molecule has 2 heterocycles. The maximum absolute atomic E-state index is 13.8. The van der Waals surface area contributed by atoms with Gasteiger partial charge in [0.2, 0.25) is 5.91 Å². The summed E-state index contributed by atoms with van der Waals surface area (Å²) in [5, 5.41) is 11.1. The molecule has 3 aromatic rings. The lowest BCUT2D eigenvalue weighted by Gasteiger charge is -2.20. The summed E-state index contributed by atoms with van der Waals surface area (Å²) >= 11 is 0. The number of anilines is 1. The first kappa shape index (κ1) is 24.5. The van der Waals surface area contributed by atoms with E-state index in [2.05, 4.69) is 15.5 Å². The summed E-state index contributed by atoms with van der Waals surface area (Å²) in [6, 6.07) is 4.63. The van der Waals surface area contributed by atoms with Gasteiger partial charge in [-0.2, -0.15) is 10.2 Å². The molecule has 0 bridgehead atoms. The third-order valence-electron chi connectivity index (χ3n) is 5.46. The molecule has 1 aromatic carbocycles. The van der Waals surface area contributed by atoms with Gasteiger partial charge in [0, 0.05) is 29.3 Å². The second-order valence-corrected chi connectivity index (χ2v) is 9.59. The Morgan fingerprint density at radius 2 is 1.86 bits per heavy atom. The molecule has 1 aliphatic rings. The Hall–Kier alpha value is -3.63. The number of rotatable bonds is 6. The van der Waals surface area contributed by atoms with Crippen LogP contribution in [0.25, 0.3) is 5.69 Å². The van der Waals surface area contributed by atoms with Gasteiger partial charge in [-0.15, -0.1) is 4.68 Å². The Labute approximate surface area is 200 Å². The largest absolute Gasteiger partial charge is 0.442 e. The van der Waals surface area contributed by atoms with Crippen LogP contribution in [0, 0.1) is 5.82 Å². The number of amides is 1. The highest BCUT2D eigenvalue weighted by Gasteiger charge is 2.31. The number of halogens is 3. The molecule has 11 heteroatoms. The SMILES string of the molecule is CC(C(=O)Nc1cc(C2CC2)nn1C(=O)OC(C)(C)C)c1cnn(-c2cc(F)cc(C(F)F)c2)c1. The Morgan fingerprint density at radius 1 is 1.14 bits per heavy atom. The summed E-state index contributed by atoms with van der Waals surface area (Å²) in [5.41, 5.74) is 0.0668. The minimum absolute atomic E-state index is 0.108. The van der Waals surface area contributed by atoms with Crippen molar-refractivity contribution < 1.29 is 27.5 Å². The van der Waals surface area contributed by atoms with Crippen LogP contribution < -0.4 is 5.32 Å². The van der Waals surface area contributed by atoms with Crippen LogP contribution in [0.1, 0.15) is 75.6 Å². The van der Waals surface area contributed by atoms with Crippen LogP contribution in [0.5, 0.6) is 0 Å². The number of hydrogen-bond acceptors (Lipinski definition) is 5. The van der Waals surface area contributed by atoms with Gasteiger partial charge < -0.3 is 10.1 Å². The van der Waals surface area contributed by atoms with Crippen LogP contribution in [-0.4, -0.2) is 37.2 Å². The van der Waals surface area contributed by atoms with Crippen molar-refractivity contribution in [2.45, 2.75) is 64.4 Å². The predicted molar refractivity (Wildman–Crippen MR) is 121 cm³/mol. The third-order valence-corrected chi connectivity index (χ3v) is 5.46. The van der Waals surface area contributed by atoms with Gasteiger partial charge in [-0.05, 0) is 58.7 Å². The maximum Gasteiger partial charge on any atom is 0.437 e. The highest BCUT2D eigenvalue weighted by Crippen LogP contribution is 2.40.